The molecule has 3 heteroatoms. The summed E-state index contributed by atoms with van der Waals surface area (Å²) in [6, 6.07) is 19.7. The molecule has 1 fully saturated rings. The van der Waals surface area contributed by atoms with Crippen LogP contribution in [0.25, 0.3) is 0 Å². The van der Waals surface area contributed by atoms with Crippen LogP contribution in [0.5, 0.6) is 0 Å². The van der Waals surface area contributed by atoms with E-state index in [0.29, 0.717) is 6.04 Å². The molecule has 0 spiro atoms. The lowest BCUT2D eigenvalue weighted by atomic mass is 9.95. The second-order valence-corrected chi connectivity index (χ2v) is 7.07. The van der Waals surface area contributed by atoms with E-state index in [9.17, 15) is 0 Å². The minimum atomic E-state index is 0.205. The van der Waals surface area contributed by atoms with E-state index in [1.165, 1.54) is 43.2 Å². The highest BCUT2D eigenvalue weighted by Crippen LogP contribution is 2.23. The zero-order valence-corrected chi connectivity index (χ0v) is 14.9. The molecule has 2 aromatic carbocycles. The van der Waals surface area contributed by atoms with Crippen LogP contribution in [-0.4, -0.2) is 19.1 Å². The van der Waals surface area contributed by atoms with Gasteiger partial charge in [0.25, 0.3) is 0 Å². The van der Waals surface area contributed by atoms with Gasteiger partial charge >= 0.3 is 0 Å². The van der Waals surface area contributed by atoms with Gasteiger partial charge in [0.05, 0.1) is 6.04 Å². The Hall–Kier alpha value is -1.35. The van der Waals surface area contributed by atoms with Crippen molar-refractivity contribution in [2.45, 2.75) is 44.2 Å². The summed E-state index contributed by atoms with van der Waals surface area (Å²) in [6.45, 7) is 1.97. The standard InChI is InChI=1S/C21H27ClN2/c22-19-13-11-18(12-14-19)21(17-7-3-1-4-8-17)24-16-15-23-20-9-5-2-6-10-20/h1,3-4,7-8,11-14,20-21,23-24H,2,5-6,9-10,15-16H2. The van der Waals surface area contributed by atoms with Crippen molar-refractivity contribution in [3.63, 3.8) is 0 Å². The van der Waals surface area contributed by atoms with Crippen LogP contribution in [0.4, 0.5) is 0 Å². The van der Waals surface area contributed by atoms with Gasteiger partial charge in [0.15, 0.2) is 0 Å². The molecule has 0 radical (unpaired) electrons. The number of benzene rings is 2. The van der Waals surface area contributed by atoms with E-state index in [0.717, 1.165) is 18.1 Å². The molecule has 0 heterocycles. The minimum absolute atomic E-state index is 0.205. The molecule has 24 heavy (non-hydrogen) atoms. The van der Waals surface area contributed by atoms with Crippen molar-refractivity contribution in [3.8, 4) is 0 Å². The summed E-state index contributed by atoms with van der Waals surface area (Å²) in [7, 11) is 0. The van der Waals surface area contributed by atoms with Gasteiger partial charge in [-0.2, -0.15) is 0 Å². The molecular weight excluding hydrogens is 316 g/mol. The third-order valence-corrected chi connectivity index (χ3v) is 5.10. The normalized spacial score (nSPS) is 16.9. The molecule has 1 aliphatic carbocycles. The predicted octanol–water partition coefficient (Wildman–Crippen LogP) is 4.94. The van der Waals surface area contributed by atoms with Gasteiger partial charge in [-0.3, -0.25) is 0 Å². The fourth-order valence-corrected chi connectivity index (χ4v) is 3.65. The number of hydrogen-bond donors (Lipinski definition) is 2. The maximum Gasteiger partial charge on any atom is 0.0577 e. The van der Waals surface area contributed by atoms with Crippen LogP contribution in [-0.2, 0) is 0 Å². The fraction of sp³-hybridized carbons (Fsp3) is 0.429. The van der Waals surface area contributed by atoms with E-state index < -0.39 is 0 Å². The molecule has 0 aromatic heterocycles. The molecule has 2 aromatic rings. The third kappa shape index (κ3) is 5.07. The lowest BCUT2D eigenvalue weighted by Crippen LogP contribution is -2.37. The molecule has 2 N–H and O–H groups in total. The molecule has 1 saturated carbocycles. The van der Waals surface area contributed by atoms with Gasteiger partial charge in [0, 0.05) is 24.2 Å². The minimum Gasteiger partial charge on any atom is -0.313 e. The first kappa shape index (κ1) is 17.5. The van der Waals surface area contributed by atoms with Crippen LogP contribution in [0.1, 0.15) is 49.3 Å². The van der Waals surface area contributed by atoms with Crippen LogP contribution in [0, 0.1) is 0 Å². The Morgan fingerprint density at radius 2 is 1.50 bits per heavy atom. The maximum atomic E-state index is 6.04. The summed E-state index contributed by atoms with van der Waals surface area (Å²) in [5, 5.41) is 8.19. The van der Waals surface area contributed by atoms with Gasteiger partial charge in [-0.1, -0.05) is 73.3 Å². The summed E-state index contributed by atoms with van der Waals surface area (Å²) in [5.41, 5.74) is 2.54. The summed E-state index contributed by atoms with van der Waals surface area (Å²) >= 11 is 6.04. The molecule has 128 valence electrons. The van der Waals surface area contributed by atoms with Crippen LogP contribution in [0.15, 0.2) is 54.6 Å². The molecule has 0 bridgehead atoms. The molecule has 0 saturated heterocycles. The lowest BCUT2D eigenvalue weighted by Gasteiger charge is -2.24. The van der Waals surface area contributed by atoms with Gasteiger partial charge in [0.2, 0.25) is 0 Å². The van der Waals surface area contributed by atoms with Gasteiger partial charge in [-0.15, -0.1) is 0 Å². The number of rotatable bonds is 7. The van der Waals surface area contributed by atoms with Crippen molar-refractivity contribution < 1.29 is 0 Å². The average Bonchev–Trinajstić information content (AvgIpc) is 2.64. The van der Waals surface area contributed by atoms with Crippen molar-refractivity contribution >= 4 is 11.6 Å². The highest BCUT2D eigenvalue weighted by molar-refractivity contribution is 6.30. The second kappa shape index (κ2) is 9.22. The molecule has 3 rings (SSSR count). The SMILES string of the molecule is Clc1ccc(C(NCCNC2CCCCC2)c2ccccc2)cc1. The number of halogens is 1. The summed E-state index contributed by atoms with van der Waals surface area (Å²) in [6.07, 6.45) is 6.83. The van der Waals surface area contributed by atoms with Gasteiger partial charge < -0.3 is 10.6 Å². The van der Waals surface area contributed by atoms with Gasteiger partial charge in [0.1, 0.15) is 0 Å². The van der Waals surface area contributed by atoms with E-state index in [1.54, 1.807) is 0 Å². The summed E-state index contributed by atoms with van der Waals surface area (Å²) in [4.78, 5) is 0. The monoisotopic (exact) mass is 342 g/mol. The Morgan fingerprint density at radius 1 is 0.833 bits per heavy atom. The van der Waals surface area contributed by atoms with Crippen molar-refractivity contribution in [3.05, 3.63) is 70.7 Å². The van der Waals surface area contributed by atoms with E-state index in [4.69, 9.17) is 11.6 Å². The number of hydrogen-bond acceptors (Lipinski definition) is 2. The third-order valence-electron chi connectivity index (χ3n) is 4.85. The molecule has 2 nitrogen and oxygen atoms in total. The maximum absolute atomic E-state index is 6.04. The van der Waals surface area contributed by atoms with Crippen molar-refractivity contribution in [2.75, 3.05) is 13.1 Å². The highest BCUT2D eigenvalue weighted by atomic mass is 35.5. The van der Waals surface area contributed by atoms with Crippen LogP contribution >= 0.6 is 11.6 Å². The molecule has 1 aliphatic rings. The topological polar surface area (TPSA) is 24.1 Å². The Balaban J connectivity index is 1.59. The lowest BCUT2D eigenvalue weighted by molar-refractivity contribution is 0.371. The molecule has 0 aliphatic heterocycles. The Labute approximate surface area is 150 Å². The molecule has 1 unspecified atom stereocenters. The van der Waals surface area contributed by atoms with Gasteiger partial charge in [-0.05, 0) is 36.1 Å². The smallest absolute Gasteiger partial charge is 0.0577 e. The van der Waals surface area contributed by atoms with E-state index in [2.05, 4.69) is 53.1 Å². The number of nitrogens with one attached hydrogen (secondary N) is 2. The Morgan fingerprint density at radius 3 is 2.21 bits per heavy atom. The Bertz CT molecular complexity index is 591. The summed E-state index contributed by atoms with van der Waals surface area (Å²) < 4.78 is 0. The zero-order valence-electron chi connectivity index (χ0n) is 14.2. The van der Waals surface area contributed by atoms with E-state index in [-0.39, 0.29) is 6.04 Å². The summed E-state index contributed by atoms with van der Waals surface area (Å²) in [5.74, 6) is 0. The average molecular weight is 343 g/mol. The molecule has 0 amide bonds. The molecular formula is C21H27ClN2. The van der Waals surface area contributed by atoms with E-state index >= 15 is 0 Å². The predicted molar refractivity (Wildman–Crippen MR) is 103 cm³/mol. The van der Waals surface area contributed by atoms with Crippen LogP contribution in [0.3, 0.4) is 0 Å². The first-order chi connectivity index (χ1) is 11.8. The van der Waals surface area contributed by atoms with Crippen LogP contribution < -0.4 is 10.6 Å². The van der Waals surface area contributed by atoms with Crippen LogP contribution in [0.2, 0.25) is 5.02 Å². The van der Waals surface area contributed by atoms with E-state index in [1.807, 2.05) is 12.1 Å². The Kier molecular flexibility index (Phi) is 6.71. The second-order valence-electron chi connectivity index (χ2n) is 6.64. The first-order valence-corrected chi connectivity index (χ1v) is 9.48. The van der Waals surface area contributed by atoms with Gasteiger partial charge in [-0.25, -0.2) is 0 Å². The van der Waals surface area contributed by atoms with Crippen molar-refractivity contribution in [1.82, 2.24) is 10.6 Å². The quantitative estimate of drug-likeness (QED) is 0.696. The van der Waals surface area contributed by atoms with Crippen molar-refractivity contribution in [1.29, 1.82) is 0 Å². The fourth-order valence-electron chi connectivity index (χ4n) is 3.53. The zero-order chi connectivity index (χ0) is 16.6. The first-order valence-electron chi connectivity index (χ1n) is 9.10. The van der Waals surface area contributed by atoms with Crippen molar-refractivity contribution in [2.24, 2.45) is 0 Å². The molecule has 1 atom stereocenters. The highest BCUT2D eigenvalue weighted by Gasteiger charge is 2.15. The largest absolute Gasteiger partial charge is 0.313 e.